The third kappa shape index (κ3) is 1.64. The molecule has 1 heterocycles. The summed E-state index contributed by atoms with van der Waals surface area (Å²) in [7, 11) is 0. The molecule has 1 aliphatic heterocycles. The van der Waals surface area contributed by atoms with E-state index >= 15 is 0 Å². The second kappa shape index (κ2) is 4.38. The predicted octanol–water partition coefficient (Wildman–Crippen LogP) is 1.48. The van der Waals surface area contributed by atoms with Crippen molar-refractivity contribution in [1.82, 2.24) is 10.6 Å². The van der Waals surface area contributed by atoms with Crippen molar-refractivity contribution in [1.29, 1.82) is 0 Å². The van der Waals surface area contributed by atoms with Crippen molar-refractivity contribution in [2.45, 2.75) is 5.54 Å². The van der Waals surface area contributed by atoms with Gasteiger partial charge >= 0.3 is 6.03 Å². The quantitative estimate of drug-likeness (QED) is 0.722. The molecule has 3 N–H and O–H groups in total. The molecule has 2 aromatic rings. The number of phenols is 1. The zero-order chi connectivity index (χ0) is 14.2. The Morgan fingerprint density at radius 3 is 2.15 bits per heavy atom. The Kier molecular flexibility index (Phi) is 2.68. The molecule has 0 saturated carbocycles. The summed E-state index contributed by atoms with van der Waals surface area (Å²) in [5.74, 6) is -0.552. The fourth-order valence-electron chi connectivity index (χ4n) is 2.48. The van der Waals surface area contributed by atoms with Crippen molar-refractivity contribution < 1.29 is 14.7 Å². The number of carbonyl (C=O) groups excluding carboxylic acids is 2. The highest BCUT2D eigenvalue weighted by molar-refractivity contribution is 6.09. The highest BCUT2D eigenvalue weighted by atomic mass is 16.3. The zero-order valence-corrected chi connectivity index (χ0v) is 10.5. The minimum absolute atomic E-state index is 0.0475. The Bertz CT molecular complexity index is 685. The Balaban J connectivity index is 2.28. The number of imide groups is 1. The second-order valence-corrected chi connectivity index (χ2v) is 4.54. The van der Waals surface area contributed by atoms with Gasteiger partial charge in [0.1, 0.15) is 5.75 Å². The fraction of sp³-hybridized carbons (Fsp3) is 0.0667. The number of aromatic hydroxyl groups is 1. The van der Waals surface area contributed by atoms with Crippen molar-refractivity contribution in [2.75, 3.05) is 0 Å². The Morgan fingerprint density at radius 1 is 0.900 bits per heavy atom. The first-order valence-corrected chi connectivity index (χ1v) is 6.12. The summed E-state index contributed by atoms with van der Waals surface area (Å²) in [6, 6.07) is 14.7. The van der Waals surface area contributed by atoms with Gasteiger partial charge in [-0.1, -0.05) is 48.5 Å². The summed E-state index contributed by atoms with van der Waals surface area (Å²) in [6.45, 7) is 0. The van der Waals surface area contributed by atoms with Crippen molar-refractivity contribution in [2.24, 2.45) is 0 Å². The molecule has 1 fully saturated rings. The van der Waals surface area contributed by atoms with Crippen LogP contribution in [-0.4, -0.2) is 17.0 Å². The highest BCUT2D eigenvalue weighted by Gasteiger charge is 2.50. The minimum Gasteiger partial charge on any atom is -0.508 e. The first kappa shape index (κ1) is 12.2. The average Bonchev–Trinajstić information content (AvgIpc) is 2.76. The van der Waals surface area contributed by atoms with Crippen LogP contribution in [0.15, 0.2) is 54.6 Å². The molecule has 0 unspecified atom stereocenters. The number of hydrogen-bond acceptors (Lipinski definition) is 3. The van der Waals surface area contributed by atoms with E-state index in [1.165, 1.54) is 6.07 Å². The molecule has 1 saturated heterocycles. The van der Waals surface area contributed by atoms with Crippen molar-refractivity contribution in [3.63, 3.8) is 0 Å². The number of carbonyl (C=O) groups is 2. The van der Waals surface area contributed by atoms with Crippen LogP contribution in [0.3, 0.4) is 0 Å². The van der Waals surface area contributed by atoms with Gasteiger partial charge in [-0.25, -0.2) is 4.79 Å². The summed E-state index contributed by atoms with van der Waals surface area (Å²) >= 11 is 0. The van der Waals surface area contributed by atoms with Gasteiger partial charge in [0.2, 0.25) is 0 Å². The number of amides is 3. The highest BCUT2D eigenvalue weighted by Crippen LogP contribution is 2.37. The predicted molar refractivity (Wildman–Crippen MR) is 72.0 cm³/mol. The Labute approximate surface area is 115 Å². The lowest BCUT2D eigenvalue weighted by molar-refractivity contribution is -0.122. The SMILES string of the molecule is O=C1NC(=O)[C@](c2ccccc2)(c2ccccc2O)N1. The molecule has 5 heteroatoms. The zero-order valence-electron chi connectivity index (χ0n) is 10.5. The first-order valence-electron chi connectivity index (χ1n) is 6.12. The van der Waals surface area contributed by atoms with Gasteiger partial charge in [-0.05, 0) is 11.6 Å². The Morgan fingerprint density at radius 2 is 1.55 bits per heavy atom. The third-order valence-electron chi connectivity index (χ3n) is 3.38. The molecule has 0 radical (unpaired) electrons. The van der Waals surface area contributed by atoms with E-state index in [-0.39, 0.29) is 5.75 Å². The van der Waals surface area contributed by atoms with Crippen LogP contribution in [0.1, 0.15) is 11.1 Å². The third-order valence-corrected chi connectivity index (χ3v) is 3.38. The van der Waals surface area contributed by atoms with Gasteiger partial charge in [0.15, 0.2) is 5.54 Å². The van der Waals surface area contributed by atoms with E-state index in [9.17, 15) is 14.7 Å². The molecule has 0 aliphatic carbocycles. The van der Waals surface area contributed by atoms with Gasteiger partial charge in [-0.2, -0.15) is 0 Å². The number of phenolic OH excluding ortho intramolecular Hbond substituents is 1. The summed E-state index contributed by atoms with van der Waals surface area (Å²) in [5.41, 5.74) is -0.469. The maximum absolute atomic E-state index is 12.4. The standard InChI is InChI=1S/C15H12N2O3/c18-12-9-5-4-8-11(12)15(10-6-2-1-3-7-10)13(19)16-14(20)17-15/h1-9,18H,(H2,16,17,19,20)/t15-/m0/s1. The second-order valence-electron chi connectivity index (χ2n) is 4.54. The molecule has 0 bridgehead atoms. The first-order chi connectivity index (χ1) is 9.64. The molecule has 3 rings (SSSR count). The molecule has 3 amide bonds. The van der Waals surface area contributed by atoms with Crippen LogP contribution in [0.25, 0.3) is 0 Å². The van der Waals surface area contributed by atoms with Crippen LogP contribution in [-0.2, 0) is 10.3 Å². The van der Waals surface area contributed by atoms with E-state index < -0.39 is 17.5 Å². The van der Waals surface area contributed by atoms with Crippen molar-refractivity contribution in [3.05, 3.63) is 65.7 Å². The molecule has 1 aliphatic rings. The fourth-order valence-corrected chi connectivity index (χ4v) is 2.48. The molecule has 0 aromatic heterocycles. The van der Waals surface area contributed by atoms with Crippen LogP contribution >= 0.6 is 0 Å². The number of rotatable bonds is 2. The van der Waals surface area contributed by atoms with Gasteiger partial charge in [0.05, 0.1) is 0 Å². The molecule has 2 aromatic carbocycles. The van der Waals surface area contributed by atoms with Gasteiger partial charge < -0.3 is 10.4 Å². The molecular formula is C15H12N2O3. The van der Waals surface area contributed by atoms with Gasteiger partial charge in [0.25, 0.3) is 5.91 Å². The van der Waals surface area contributed by atoms with E-state index in [4.69, 9.17) is 0 Å². The number of benzene rings is 2. The molecule has 0 spiro atoms. The topological polar surface area (TPSA) is 78.4 Å². The van der Waals surface area contributed by atoms with E-state index in [0.717, 1.165) is 0 Å². The number of hydrogen-bond donors (Lipinski definition) is 3. The van der Waals surface area contributed by atoms with Crippen LogP contribution < -0.4 is 10.6 Å². The summed E-state index contributed by atoms with van der Waals surface area (Å²) in [6.07, 6.45) is 0. The summed E-state index contributed by atoms with van der Waals surface area (Å²) in [4.78, 5) is 24.0. The number of nitrogens with one attached hydrogen (secondary N) is 2. The average molecular weight is 268 g/mol. The van der Waals surface area contributed by atoms with E-state index in [0.29, 0.717) is 11.1 Å². The maximum Gasteiger partial charge on any atom is 0.322 e. The summed E-state index contributed by atoms with van der Waals surface area (Å²) < 4.78 is 0. The minimum atomic E-state index is -1.40. The van der Waals surface area contributed by atoms with E-state index in [2.05, 4.69) is 10.6 Å². The van der Waals surface area contributed by atoms with Gasteiger partial charge in [0, 0.05) is 5.56 Å². The van der Waals surface area contributed by atoms with Crippen molar-refractivity contribution >= 4 is 11.9 Å². The maximum atomic E-state index is 12.4. The smallest absolute Gasteiger partial charge is 0.322 e. The van der Waals surface area contributed by atoms with Crippen LogP contribution in [0.2, 0.25) is 0 Å². The van der Waals surface area contributed by atoms with Crippen LogP contribution in [0, 0.1) is 0 Å². The van der Waals surface area contributed by atoms with E-state index in [1.807, 2.05) is 6.07 Å². The lowest BCUT2D eigenvalue weighted by Gasteiger charge is -2.27. The lowest BCUT2D eigenvalue weighted by Crippen LogP contribution is -2.44. The molecule has 5 nitrogen and oxygen atoms in total. The van der Waals surface area contributed by atoms with E-state index in [1.54, 1.807) is 42.5 Å². The Hall–Kier alpha value is -2.82. The lowest BCUT2D eigenvalue weighted by atomic mass is 9.82. The van der Waals surface area contributed by atoms with Gasteiger partial charge in [-0.15, -0.1) is 0 Å². The molecule has 1 atom stereocenters. The molecular weight excluding hydrogens is 256 g/mol. The monoisotopic (exact) mass is 268 g/mol. The molecule has 20 heavy (non-hydrogen) atoms. The number of para-hydroxylation sites is 1. The molecule has 100 valence electrons. The van der Waals surface area contributed by atoms with Crippen LogP contribution in [0.4, 0.5) is 4.79 Å². The number of urea groups is 1. The van der Waals surface area contributed by atoms with Crippen LogP contribution in [0.5, 0.6) is 5.75 Å². The van der Waals surface area contributed by atoms with Crippen molar-refractivity contribution in [3.8, 4) is 5.75 Å². The normalized spacial score (nSPS) is 21.4. The van der Waals surface area contributed by atoms with Gasteiger partial charge in [-0.3, -0.25) is 10.1 Å². The largest absolute Gasteiger partial charge is 0.508 e. The summed E-state index contributed by atoms with van der Waals surface area (Å²) in [5, 5.41) is 14.9.